The Hall–Kier alpha value is -3.54. The highest BCUT2D eigenvalue weighted by Crippen LogP contribution is 2.34. The molecule has 10 nitrogen and oxygen atoms in total. The molecule has 4 rings (SSSR count). The number of hydrogen-bond acceptors (Lipinski definition) is 7. The first-order valence-corrected chi connectivity index (χ1v) is 15.8. The maximum atomic E-state index is 13.0. The average molecular weight is 555 g/mol. The molecule has 1 aromatic heterocycles. The van der Waals surface area contributed by atoms with Crippen LogP contribution in [0.1, 0.15) is 35.2 Å². The molecule has 0 spiro atoms. The van der Waals surface area contributed by atoms with Crippen LogP contribution in [0.5, 0.6) is 5.75 Å². The predicted octanol–water partition coefficient (Wildman–Crippen LogP) is 2.95. The Balaban J connectivity index is 1.63. The van der Waals surface area contributed by atoms with Crippen molar-refractivity contribution in [3.63, 3.8) is 0 Å². The Bertz CT molecular complexity index is 1370. The molecule has 38 heavy (non-hydrogen) atoms. The number of nitrogens with zero attached hydrogens (tertiary/aromatic N) is 4. The Morgan fingerprint density at radius 2 is 1.84 bits per heavy atom. The largest absolute Gasteiger partial charge is 0.497 e. The Morgan fingerprint density at radius 3 is 2.53 bits per heavy atom. The van der Waals surface area contributed by atoms with Gasteiger partial charge in [-0.1, -0.05) is 23.7 Å². The molecule has 0 saturated carbocycles. The van der Waals surface area contributed by atoms with Crippen molar-refractivity contribution >= 4 is 37.4 Å². The summed E-state index contributed by atoms with van der Waals surface area (Å²) in [6.07, 6.45) is -0.0375. The fourth-order valence-corrected chi connectivity index (χ4v) is 5.04. The van der Waals surface area contributed by atoms with E-state index in [1.54, 1.807) is 32.3 Å². The van der Waals surface area contributed by atoms with E-state index < -0.39 is 14.4 Å². The fourth-order valence-electron chi connectivity index (χ4n) is 4.17. The predicted molar refractivity (Wildman–Crippen MR) is 148 cm³/mol. The molecule has 0 bridgehead atoms. The van der Waals surface area contributed by atoms with Gasteiger partial charge in [-0.3, -0.25) is 19.1 Å². The van der Waals surface area contributed by atoms with Crippen LogP contribution in [0.4, 0.5) is 0 Å². The van der Waals surface area contributed by atoms with E-state index in [1.165, 1.54) is 0 Å². The van der Waals surface area contributed by atoms with Crippen LogP contribution in [0.3, 0.4) is 0 Å². The number of benzene rings is 2. The number of aliphatic imine (C=N–C) groups is 1. The minimum absolute atomic E-state index is 0.0375. The summed E-state index contributed by atoms with van der Waals surface area (Å²) in [6, 6.07) is 12.9. The Labute approximate surface area is 227 Å². The molecule has 1 aliphatic heterocycles. The molecule has 0 saturated heterocycles. The van der Waals surface area contributed by atoms with E-state index in [4.69, 9.17) is 21.3 Å². The number of methoxy groups -OCH3 is 1. The summed E-state index contributed by atoms with van der Waals surface area (Å²) in [5, 5.41) is 14.6. The van der Waals surface area contributed by atoms with Gasteiger partial charge in [-0.15, -0.1) is 10.2 Å². The lowest BCUT2D eigenvalue weighted by Crippen LogP contribution is -2.39. The van der Waals surface area contributed by atoms with E-state index in [1.807, 2.05) is 41.8 Å². The number of amides is 2. The van der Waals surface area contributed by atoms with E-state index in [-0.39, 0.29) is 24.8 Å². The lowest BCUT2D eigenvalue weighted by Gasteiger charge is -2.15. The summed E-state index contributed by atoms with van der Waals surface area (Å²) in [7, 11) is -0.653. The van der Waals surface area contributed by atoms with Crippen LogP contribution in [0.2, 0.25) is 24.2 Å². The number of carbonyl (C=O) groups excluding carboxylic acids is 2. The monoisotopic (exact) mass is 554 g/mol. The minimum Gasteiger partial charge on any atom is -0.497 e. The van der Waals surface area contributed by atoms with Gasteiger partial charge < -0.3 is 20.2 Å². The first-order valence-electron chi connectivity index (χ1n) is 12.3. The van der Waals surface area contributed by atoms with E-state index in [0.717, 1.165) is 16.8 Å². The first-order chi connectivity index (χ1) is 18.1. The molecule has 0 radical (unpaired) electrons. The van der Waals surface area contributed by atoms with Gasteiger partial charge in [0.25, 0.3) is 0 Å². The lowest BCUT2D eigenvalue weighted by atomic mass is 10.00. The summed E-state index contributed by atoms with van der Waals surface area (Å²) < 4.78 is 7.38. The van der Waals surface area contributed by atoms with Crippen LogP contribution >= 0.6 is 11.6 Å². The number of ether oxygens (including phenoxy) is 1. The molecule has 1 atom stereocenters. The van der Waals surface area contributed by atoms with Crippen LogP contribution in [-0.4, -0.2) is 65.6 Å². The molecule has 2 heterocycles. The Kier molecular flexibility index (Phi) is 8.29. The number of aromatic nitrogens is 3. The van der Waals surface area contributed by atoms with Crippen molar-refractivity contribution in [2.24, 2.45) is 4.99 Å². The third-order valence-corrected chi connectivity index (χ3v) is 7.86. The number of hydrogen-bond donors (Lipinski definition) is 3. The van der Waals surface area contributed by atoms with Crippen molar-refractivity contribution in [1.82, 2.24) is 25.4 Å². The maximum absolute atomic E-state index is 13.0. The highest BCUT2D eigenvalue weighted by molar-refractivity contribution is 6.69. The van der Waals surface area contributed by atoms with Crippen LogP contribution in [0.25, 0.3) is 5.69 Å². The summed E-state index contributed by atoms with van der Waals surface area (Å²) in [4.78, 5) is 40.1. The standard InChI is InChI=1S/C26H31ClN6O4Si/c1-16-31-32-26-21(14-23(34)29-15-24(35)28-11-12-38(3,4)36)30-25(17-5-7-18(27)8-6-17)20-13-19(37-2)9-10-22(20)33(16)26/h5-10,13,21,36H,11-12,14-15H2,1-4H3,(H,28,35)(H,29,34). The average Bonchev–Trinajstić information content (AvgIpc) is 3.19. The zero-order chi connectivity index (χ0) is 27.4. The molecular formula is C26H31ClN6O4Si. The van der Waals surface area contributed by atoms with E-state index in [2.05, 4.69) is 20.8 Å². The van der Waals surface area contributed by atoms with Crippen LogP contribution < -0.4 is 15.4 Å². The molecule has 2 amide bonds. The summed E-state index contributed by atoms with van der Waals surface area (Å²) in [5.74, 6) is 1.16. The van der Waals surface area contributed by atoms with Gasteiger partial charge >= 0.3 is 0 Å². The molecule has 200 valence electrons. The van der Waals surface area contributed by atoms with Crippen LogP contribution in [0, 0.1) is 6.92 Å². The van der Waals surface area contributed by atoms with Gasteiger partial charge in [-0.25, -0.2) is 0 Å². The van der Waals surface area contributed by atoms with Gasteiger partial charge in [-0.2, -0.15) is 0 Å². The molecular weight excluding hydrogens is 524 g/mol. The molecule has 0 aliphatic carbocycles. The highest BCUT2D eigenvalue weighted by atomic mass is 35.5. The number of nitrogens with one attached hydrogen (secondary N) is 2. The molecule has 12 heteroatoms. The summed E-state index contributed by atoms with van der Waals surface area (Å²) in [5.41, 5.74) is 3.09. The fraction of sp³-hybridized carbons (Fsp3) is 0.346. The van der Waals surface area contributed by atoms with Gasteiger partial charge in [0.1, 0.15) is 17.6 Å². The first kappa shape index (κ1) is 27.5. The highest BCUT2D eigenvalue weighted by Gasteiger charge is 2.30. The van der Waals surface area contributed by atoms with Crippen molar-refractivity contribution in [3.05, 3.63) is 70.3 Å². The molecule has 2 aromatic carbocycles. The topological polar surface area (TPSA) is 131 Å². The molecule has 0 fully saturated rings. The van der Waals surface area contributed by atoms with Crippen LogP contribution in [0.15, 0.2) is 47.5 Å². The number of rotatable bonds is 9. The number of carbonyl (C=O) groups is 2. The van der Waals surface area contributed by atoms with Crippen molar-refractivity contribution < 1.29 is 19.1 Å². The van der Waals surface area contributed by atoms with Crippen molar-refractivity contribution in [1.29, 1.82) is 0 Å². The SMILES string of the molecule is COc1ccc2c(c1)C(c1ccc(Cl)cc1)=NC(CC(=O)NCC(=O)NCC[Si](C)(C)O)c1nnc(C)n1-2. The van der Waals surface area contributed by atoms with Gasteiger partial charge in [0, 0.05) is 22.7 Å². The van der Waals surface area contributed by atoms with Crippen molar-refractivity contribution in [2.75, 3.05) is 20.2 Å². The zero-order valence-electron chi connectivity index (χ0n) is 21.8. The van der Waals surface area contributed by atoms with Gasteiger partial charge in [0.15, 0.2) is 14.1 Å². The summed E-state index contributed by atoms with van der Waals surface area (Å²) >= 11 is 6.14. The molecule has 1 unspecified atom stereocenters. The van der Waals surface area contributed by atoms with Crippen molar-refractivity contribution in [2.45, 2.75) is 38.5 Å². The van der Waals surface area contributed by atoms with Crippen LogP contribution in [-0.2, 0) is 9.59 Å². The van der Waals surface area contributed by atoms with Gasteiger partial charge in [0.05, 0.1) is 31.5 Å². The second kappa shape index (κ2) is 11.5. The third-order valence-electron chi connectivity index (χ3n) is 6.13. The molecule has 3 N–H and O–H groups in total. The van der Waals surface area contributed by atoms with E-state index in [0.29, 0.717) is 40.7 Å². The second-order valence-corrected chi connectivity index (χ2v) is 14.3. The third kappa shape index (κ3) is 6.47. The minimum atomic E-state index is -2.25. The van der Waals surface area contributed by atoms with Crippen molar-refractivity contribution in [3.8, 4) is 11.4 Å². The van der Waals surface area contributed by atoms with Gasteiger partial charge in [-0.05, 0) is 56.4 Å². The quantitative estimate of drug-likeness (QED) is 0.349. The lowest BCUT2D eigenvalue weighted by molar-refractivity contribution is -0.126. The number of aryl methyl sites for hydroxylation is 1. The summed E-state index contributed by atoms with van der Waals surface area (Å²) in [6.45, 7) is 5.65. The van der Waals surface area contributed by atoms with E-state index >= 15 is 0 Å². The van der Waals surface area contributed by atoms with E-state index in [9.17, 15) is 14.4 Å². The number of fused-ring (bicyclic) bond motifs is 3. The zero-order valence-corrected chi connectivity index (χ0v) is 23.5. The number of halogens is 1. The molecule has 3 aromatic rings. The maximum Gasteiger partial charge on any atom is 0.239 e. The Morgan fingerprint density at radius 1 is 1.11 bits per heavy atom. The normalized spacial score (nSPS) is 14.6. The second-order valence-electron chi connectivity index (χ2n) is 9.72. The smallest absolute Gasteiger partial charge is 0.239 e. The van der Waals surface area contributed by atoms with Gasteiger partial charge in [0.2, 0.25) is 11.8 Å². The molecule has 1 aliphatic rings.